The lowest BCUT2D eigenvalue weighted by Gasteiger charge is -2.24. The summed E-state index contributed by atoms with van der Waals surface area (Å²) in [5, 5.41) is 11.7. The molecule has 17 heavy (non-hydrogen) atoms. The highest BCUT2D eigenvalue weighted by atomic mass is 16.2. The van der Waals surface area contributed by atoms with Gasteiger partial charge in [-0.05, 0) is 52.6 Å². The summed E-state index contributed by atoms with van der Waals surface area (Å²) in [6, 6.07) is 2.36. The minimum absolute atomic E-state index is 0.0465. The van der Waals surface area contributed by atoms with Crippen LogP contribution in [0.3, 0.4) is 0 Å². The molecule has 1 amide bonds. The number of amides is 1. The van der Waals surface area contributed by atoms with E-state index in [0.717, 1.165) is 38.8 Å². The second-order valence-corrected chi connectivity index (χ2v) is 5.41. The predicted octanol–water partition coefficient (Wildman–Crippen LogP) is 1.53. The van der Waals surface area contributed by atoms with Crippen LogP contribution in [-0.2, 0) is 4.79 Å². The fourth-order valence-electron chi connectivity index (χ4n) is 2.34. The number of likely N-dealkylation sites (tertiary alicyclic amines) is 1. The maximum Gasteiger partial charge on any atom is 0.237 e. The van der Waals surface area contributed by atoms with E-state index in [1.165, 1.54) is 0 Å². The van der Waals surface area contributed by atoms with Crippen LogP contribution in [-0.4, -0.2) is 37.0 Å². The van der Waals surface area contributed by atoms with E-state index in [9.17, 15) is 4.79 Å². The van der Waals surface area contributed by atoms with E-state index in [2.05, 4.69) is 16.3 Å². The summed E-state index contributed by atoms with van der Waals surface area (Å²) < 4.78 is 0. The zero-order chi connectivity index (χ0) is 12.9. The summed E-state index contributed by atoms with van der Waals surface area (Å²) in [6.07, 6.45) is 3.93. The van der Waals surface area contributed by atoms with Gasteiger partial charge >= 0.3 is 0 Å². The Bertz CT molecular complexity index is 306. The number of likely N-dealkylation sites (N-methyl/N-ethyl adjacent to an activating group) is 1. The van der Waals surface area contributed by atoms with Gasteiger partial charge in [0.1, 0.15) is 0 Å². The smallest absolute Gasteiger partial charge is 0.237 e. The fourth-order valence-corrected chi connectivity index (χ4v) is 2.34. The fraction of sp³-hybridized carbons (Fsp3) is 0.846. The van der Waals surface area contributed by atoms with E-state index in [1.54, 1.807) is 7.05 Å². The van der Waals surface area contributed by atoms with E-state index in [-0.39, 0.29) is 17.4 Å². The average molecular weight is 237 g/mol. The van der Waals surface area contributed by atoms with Gasteiger partial charge in [0.2, 0.25) is 5.91 Å². The van der Waals surface area contributed by atoms with Crippen molar-refractivity contribution in [3.05, 3.63) is 0 Å². The lowest BCUT2D eigenvalue weighted by Crippen LogP contribution is -2.42. The second-order valence-electron chi connectivity index (χ2n) is 5.41. The van der Waals surface area contributed by atoms with Gasteiger partial charge in [-0.2, -0.15) is 5.26 Å². The van der Waals surface area contributed by atoms with Crippen molar-refractivity contribution < 1.29 is 4.79 Å². The largest absolute Gasteiger partial charge is 0.358 e. The molecule has 1 atom stereocenters. The minimum Gasteiger partial charge on any atom is -0.358 e. The summed E-state index contributed by atoms with van der Waals surface area (Å²) in [4.78, 5) is 13.9. The molecule has 96 valence electrons. The standard InChI is InChI=1S/C13H23N3O/c1-13(2,10-14)7-5-9-16-8-4-6-11(16)12(17)15-3/h11H,4-9H2,1-3H3,(H,15,17). The Kier molecular flexibility index (Phi) is 4.95. The summed E-state index contributed by atoms with van der Waals surface area (Å²) in [5.74, 6) is 0.127. The van der Waals surface area contributed by atoms with Crippen LogP contribution in [0.25, 0.3) is 0 Å². The third-order valence-electron chi connectivity index (χ3n) is 3.46. The zero-order valence-electron chi connectivity index (χ0n) is 11.1. The first kappa shape index (κ1) is 14.0. The van der Waals surface area contributed by atoms with Crippen LogP contribution in [0.4, 0.5) is 0 Å². The third kappa shape index (κ3) is 4.01. The van der Waals surface area contributed by atoms with Gasteiger partial charge in [0.25, 0.3) is 0 Å². The van der Waals surface area contributed by atoms with E-state index < -0.39 is 0 Å². The quantitative estimate of drug-likeness (QED) is 0.789. The Morgan fingerprint density at radius 1 is 1.59 bits per heavy atom. The number of hydrogen-bond acceptors (Lipinski definition) is 3. The van der Waals surface area contributed by atoms with Gasteiger partial charge in [-0.25, -0.2) is 0 Å². The molecule has 0 aromatic carbocycles. The summed E-state index contributed by atoms with van der Waals surface area (Å²) in [7, 11) is 1.69. The molecule has 1 heterocycles. The van der Waals surface area contributed by atoms with Gasteiger partial charge in [-0.3, -0.25) is 9.69 Å². The summed E-state index contributed by atoms with van der Waals surface area (Å²) in [5.41, 5.74) is -0.248. The van der Waals surface area contributed by atoms with Crippen molar-refractivity contribution in [3.63, 3.8) is 0 Å². The van der Waals surface area contributed by atoms with Gasteiger partial charge < -0.3 is 5.32 Å². The molecular formula is C13H23N3O. The van der Waals surface area contributed by atoms with E-state index in [1.807, 2.05) is 13.8 Å². The topological polar surface area (TPSA) is 56.1 Å². The lowest BCUT2D eigenvalue weighted by molar-refractivity contribution is -0.125. The molecule has 1 aliphatic heterocycles. The number of nitrogens with one attached hydrogen (secondary N) is 1. The Balaban J connectivity index is 2.37. The van der Waals surface area contributed by atoms with Gasteiger partial charge in [0.15, 0.2) is 0 Å². The van der Waals surface area contributed by atoms with E-state index >= 15 is 0 Å². The molecule has 0 aliphatic carbocycles. The molecule has 4 nitrogen and oxygen atoms in total. The monoisotopic (exact) mass is 237 g/mol. The Labute approximate surface area is 104 Å². The summed E-state index contributed by atoms with van der Waals surface area (Å²) in [6.45, 7) is 5.86. The van der Waals surface area contributed by atoms with Crippen LogP contribution in [0.2, 0.25) is 0 Å². The molecule has 1 fully saturated rings. The normalized spacial score (nSPS) is 21.2. The molecule has 0 bridgehead atoms. The van der Waals surface area contributed by atoms with Crippen molar-refractivity contribution in [2.24, 2.45) is 5.41 Å². The maximum atomic E-state index is 11.6. The number of rotatable bonds is 5. The lowest BCUT2D eigenvalue weighted by atomic mass is 9.90. The zero-order valence-corrected chi connectivity index (χ0v) is 11.1. The molecular weight excluding hydrogens is 214 g/mol. The van der Waals surface area contributed by atoms with Crippen LogP contribution in [0.5, 0.6) is 0 Å². The highest BCUT2D eigenvalue weighted by Crippen LogP contribution is 2.23. The Morgan fingerprint density at radius 2 is 2.29 bits per heavy atom. The second kappa shape index (κ2) is 6.02. The van der Waals surface area contributed by atoms with Crippen molar-refractivity contribution in [2.75, 3.05) is 20.1 Å². The molecule has 0 saturated carbocycles. The predicted molar refractivity (Wildman–Crippen MR) is 67.3 cm³/mol. The highest BCUT2D eigenvalue weighted by Gasteiger charge is 2.29. The van der Waals surface area contributed by atoms with Gasteiger partial charge in [0, 0.05) is 7.05 Å². The molecule has 1 rings (SSSR count). The molecule has 0 aromatic rings. The molecule has 1 unspecified atom stereocenters. The van der Waals surface area contributed by atoms with Gasteiger partial charge in [-0.1, -0.05) is 0 Å². The summed E-state index contributed by atoms with van der Waals surface area (Å²) >= 11 is 0. The van der Waals surface area contributed by atoms with Crippen LogP contribution >= 0.6 is 0 Å². The van der Waals surface area contributed by atoms with Crippen molar-refractivity contribution in [3.8, 4) is 6.07 Å². The van der Waals surface area contributed by atoms with Crippen LogP contribution in [0, 0.1) is 16.7 Å². The van der Waals surface area contributed by atoms with Crippen molar-refractivity contribution >= 4 is 5.91 Å². The van der Waals surface area contributed by atoms with E-state index in [0.29, 0.717) is 0 Å². The Morgan fingerprint density at radius 3 is 2.88 bits per heavy atom. The molecule has 0 aromatic heterocycles. The van der Waals surface area contributed by atoms with Crippen LogP contribution in [0.15, 0.2) is 0 Å². The van der Waals surface area contributed by atoms with Gasteiger partial charge in [0.05, 0.1) is 17.5 Å². The van der Waals surface area contributed by atoms with Gasteiger partial charge in [-0.15, -0.1) is 0 Å². The van der Waals surface area contributed by atoms with Crippen molar-refractivity contribution in [2.45, 2.75) is 45.6 Å². The molecule has 0 radical (unpaired) electrons. The number of nitriles is 1. The third-order valence-corrected chi connectivity index (χ3v) is 3.46. The molecule has 1 aliphatic rings. The minimum atomic E-state index is -0.248. The number of hydrogen-bond donors (Lipinski definition) is 1. The van der Waals surface area contributed by atoms with E-state index in [4.69, 9.17) is 5.26 Å². The van der Waals surface area contributed by atoms with Crippen molar-refractivity contribution in [1.29, 1.82) is 5.26 Å². The first-order valence-electron chi connectivity index (χ1n) is 6.37. The van der Waals surface area contributed by atoms with Crippen LogP contribution < -0.4 is 5.32 Å². The SMILES string of the molecule is CNC(=O)C1CCCN1CCCC(C)(C)C#N. The first-order chi connectivity index (χ1) is 8.00. The average Bonchev–Trinajstić information content (AvgIpc) is 2.76. The van der Waals surface area contributed by atoms with Crippen molar-refractivity contribution in [1.82, 2.24) is 10.2 Å². The molecule has 1 saturated heterocycles. The number of nitrogens with zero attached hydrogens (tertiary/aromatic N) is 2. The Hall–Kier alpha value is -1.08. The van der Waals surface area contributed by atoms with Crippen LogP contribution in [0.1, 0.15) is 39.5 Å². The molecule has 4 heteroatoms. The number of carbonyl (C=O) groups excluding carboxylic acids is 1. The molecule has 0 spiro atoms. The molecule has 1 N–H and O–H groups in total. The first-order valence-corrected chi connectivity index (χ1v) is 6.37. The highest BCUT2D eigenvalue weighted by molar-refractivity contribution is 5.81. The maximum absolute atomic E-state index is 11.6. The number of carbonyl (C=O) groups is 1.